The lowest BCUT2D eigenvalue weighted by Gasteiger charge is -2.42. The van der Waals surface area contributed by atoms with E-state index in [1.807, 2.05) is 0 Å². The van der Waals surface area contributed by atoms with Crippen LogP contribution in [0.1, 0.15) is 51.4 Å². The molecule has 0 aromatic heterocycles. The zero-order valence-electron chi connectivity index (χ0n) is 18.2. The van der Waals surface area contributed by atoms with Gasteiger partial charge in [0.15, 0.2) is 11.6 Å². The van der Waals surface area contributed by atoms with Gasteiger partial charge >= 0.3 is 0 Å². The van der Waals surface area contributed by atoms with Gasteiger partial charge in [-0.3, -0.25) is 0 Å². The summed E-state index contributed by atoms with van der Waals surface area (Å²) < 4.78 is 38.3. The largest absolute Gasteiger partial charge is 0.387 e. The molecule has 0 unspecified atom stereocenters. The van der Waals surface area contributed by atoms with Gasteiger partial charge in [-0.2, -0.15) is 0 Å². The maximum Gasteiger partial charge on any atom is 0.168 e. The van der Waals surface area contributed by atoms with Gasteiger partial charge in [-0.15, -0.1) is 0 Å². The van der Waals surface area contributed by atoms with Gasteiger partial charge < -0.3 is 38.3 Å². The van der Waals surface area contributed by atoms with Gasteiger partial charge in [-0.25, -0.2) is 0 Å². The molecule has 2 heterocycles. The van der Waals surface area contributed by atoms with Crippen LogP contribution in [-0.4, -0.2) is 88.9 Å². The molecule has 1 N–H and O–H groups in total. The summed E-state index contributed by atoms with van der Waals surface area (Å²) in [5.74, 6) is -0.699. The quantitative estimate of drug-likeness (QED) is 0.726. The fourth-order valence-corrected chi connectivity index (χ4v) is 4.84. The Kier molecular flexibility index (Phi) is 7.95. The molecular formula is C21H38O8. The molecule has 170 valence electrons. The third kappa shape index (κ3) is 5.68. The van der Waals surface area contributed by atoms with E-state index in [4.69, 9.17) is 33.2 Å². The lowest BCUT2D eigenvalue weighted by molar-refractivity contribution is -0.213. The average molecular weight is 419 g/mol. The number of hydrogen-bond donors (Lipinski definition) is 1. The smallest absolute Gasteiger partial charge is 0.168 e. The van der Waals surface area contributed by atoms with Crippen LogP contribution in [0.3, 0.4) is 0 Å². The Bertz CT molecular complexity index is 479. The Balaban J connectivity index is 0.000000166. The SMILES string of the molecule is COCC1(O)CCC2(CC1)OCCO2.COCC1(OC)CCC2(CC1)OCCO2. The maximum absolute atomic E-state index is 10.1. The van der Waals surface area contributed by atoms with Crippen LogP contribution in [0.5, 0.6) is 0 Å². The van der Waals surface area contributed by atoms with Crippen LogP contribution in [0.15, 0.2) is 0 Å². The van der Waals surface area contributed by atoms with Crippen molar-refractivity contribution in [2.24, 2.45) is 0 Å². The molecule has 0 amide bonds. The first-order chi connectivity index (χ1) is 13.9. The molecule has 4 aliphatic rings. The Labute approximate surface area is 174 Å². The molecule has 0 atom stereocenters. The van der Waals surface area contributed by atoms with Crippen molar-refractivity contribution in [2.45, 2.75) is 74.1 Å². The third-order valence-electron chi connectivity index (χ3n) is 6.75. The van der Waals surface area contributed by atoms with Crippen molar-refractivity contribution in [3.8, 4) is 0 Å². The molecule has 0 bridgehead atoms. The molecule has 4 rings (SSSR count). The second-order valence-electron chi connectivity index (χ2n) is 8.69. The van der Waals surface area contributed by atoms with Crippen LogP contribution < -0.4 is 0 Å². The highest BCUT2D eigenvalue weighted by atomic mass is 16.7. The van der Waals surface area contributed by atoms with Gasteiger partial charge in [0.25, 0.3) is 0 Å². The first-order valence-corrected chi connectivity index (χ1v) is 10.7. The van der Waals surface area contributed by atoms with Crippen molar-refractivity contribution in [2.75, 3.05) is 61.0 Å². The summed E-state index contributed by atoms with van der Waals surface area (Å²) >= 11 is 0. The number of ether oxygens (including phenoxy) is 7. The van der Waals surface area contributed by atoms with Gasteiger partial charge in [0.1, 0.15) is 0 Å². The Morgan fingerprint density at radius 1 is 0.621 bits per heavy atom. The van der Waals surface area contributed by atoms with Crippen LogP contribution in [0.2, 0.25) is 0 Å². The highest BCUT2D eigenvalue weighted by Gasteiger charge is 2.47. The van der Waals surface area contributed by atoms with Gasteiger partial charge in [-0.1, -0.05) is 0 Å². The molecule has 2 saturated heterocycles. The average Bonchev–Trinajstić information content (AvgIpc) is 3.39. The van der Waals surface area contributed by atoms with Crippen LogP contribution in [0.25, 0.3) is 0 Å². The van der Waals surface area contributed by atoms with E-state index >= 15 is 0 Å². The summed E-state index contributed by atoms with van der Waals surface area (Å²) in [5.41, 5.74) is -0.801. The van der Waals surface area contributed by atoms with Crippen molar-refractivity contribution in [1.29, 1.82) is 0 Å². The van der Waals surface area contributed by atoms with E-state index in [2.05, 4.69) is 0 Å². The fourth-order valence-electron chi connectivity index (χ4n) is 4.84. The molecule has 2 spiro atoms. The van der Waals surface area contributed by atoms with E-state index in [1.54, 1.807) is 21.3 Å². The van der Waals surface area contributed by atoms with Crippen LogP contribution in [0, 0.1) is 0 Å². The van der Waals surface area contributed by atoms with E-state index < -0.39 is 5.60 Å². The molecule has 2 aliphatic carbocycles. The zero-order valence-corrected chi connectivity index (χ0v) is 18.2. The standard InChI is InChI=1S/C11H20O4.C10H18O4/c1-12-9-10(13-2)3-5-11(6-4-10)14-7-8-15-11;1-12-8-9(11)2-4-10(5-3-9)13-6-7-14-10/h3-9H2,1-2H3;11H,2-8H2,1H3. The monoisotopic (exact) mass is 418 g/mol. The van der Waals surface area contributed by atoms with Gasteiger partial charge in [0, 0.05) is 47.0 Å². The zero-order chi connectivity index (χ0) is 20.8. The summed E-state index contributed by atoms with van der Waals surface area (Å²) in [5, 5.41) is 10.1. The minimum absolute atomic E-state index is 0.130. The lowest BCUT2D eigenvalue weighted by Crippen LogP contribution is -2.47. The molecule has 0 radical (unpaired) electrons. The molecule has 2 aliphatic heterocycles. The minimum Gasteiger partial charge on any atom is -0.387 e. The van der Waals surface area contributed by atoms with Crippen molar-refractivity contribution in [3.05, 3.63) is 0 Å². The van der Waals surface area contributed by atoms with E-state index in [0.717, 1.165) is 51.7 Å². The predicted octanol–water partition coefficient (Wildman–Crippen LogP) is 2.02. The van der Waals surface area contributed by atoms with Crippen molar-refractivity contribution in [3.63, 3.8) is 0 Å². The number of aliphatic hydroxyl groups is 1. The van der Waals surface area contributed by atoms with Crippen molar-refractivity contribution in [1.82, 2.24) is 0 Å². The van der Waals surface area contributed by atoms with Crippen molar-refractivity contribution < 1.29 is 38.3 Å². The van der Waals surface area contributed by atoms with Crippen LogP contribution in [-0.2, 0) is 33.2 Å². The maximum atomic E-state index is 10.1. The van der Waals surface area contributed by atoms with Crippen molar-refractivity contribution >= 4 is 0 Å². The third-order valence-corrected chi connectivity index (χ3v) is 6.75. The van der Waals surface area contributed by atoms with Gasteiger partial charge in [0.2, 0.25) is 0 Å². The second kappa shape index (κ2) is 9.87. The van der Waals surface area contributed by atoms with Crippen LogP contribution >= 0.6 is 0 Å². The lowest BCUT2D eigenvalue weighted by atomic mass is 9.81. The number of rotatable bonds is 5. The first kappa shape index (κ1) is 23.3. The summed E-state index contributed by atoms with van der Waals surface area (Å²) in [4.78, 5) is 0. The molecule has 4 fully saturated rings. The molecule has 0 aromatic rings. The Morgan fingerprint density at radius 3 is 1.41 bits per heavy atom. The summed E-state index contributed by atoms with van der Waals surface area (Å²) in [6, 6.07) is 0. The first-order valence-electron chi connectivity index (χ1n) is 10.7. The topological polar surface area (TPSA) is 84.8 Å². The predicted molar refractivity (Wildman–Crippen MR) is 105 cm³/mol. The highest BCUT2D eigenvalue weighted by Crippen LogP contribution is 2.42. The van der Waals surface area contributed by atoms with E-state index in [9.17, 15) is 5.11 Å². The molecule has 29 heavy (non-hydrogen) atoms. The fraction of sp³-hybridized carbons (Fsp3) is 1.00. The van der Waals surface area contributed by atoms with E-state index in [0.29, 0.717) is 39.3 Å². The molecular weight excluding hydrogens is 380 g/mol. The van der Waals surface area contributed by atoms with E-state index in [1.165, 1.54) is 0 Å². The normalized spacial score (nSPS) is 32.3. The minimum atomic E-state index is -0.671. The molecule has 0 aromatic carbocycles. The second-order valence-corrected chi connectivity index (χ2v) is 8.69. The summed E-state index contributed by atoms with van der Waals surface area (Å²) in [6.45, 7) is 3.88. The van der Waals surface area contributed by atoms with Gasteiger partial charge in [0.05, 0.1) is 50.8 Å². The summed E-state index contributed by atoms with van der Waals surface area (Å²) in [6.07, 6.45) is 6.63. The highest BCUT2D eigenvalue weighted by molar-refractivity contribution is 4.93. The molecule has 8 heteroatoms. The Hall–Kier alpha value is -0.320. The molecule has 8 nitrogen and oxygen atoms in total. The van der Waals surface area contributed by atoms with Crippen LogP contribution in [0.4, 0.5) is 0 Å². The van der Waals surface area contributed by atoms with Gasteiger partial charge in [-0.05, 0) is 25.7 Å². The number of hydrogen-bond acceptors (Lipinski definition) is 8. The summed E-state index contributed by atoms with van der Waals surface area (Å²) in [7, 11) is 5.09. The number of methoxy groups -OCH3 is 3. The molecule has 2 saturated carbocycles. The van der Waals surface area contributed by atoms with E-state index in [-0.39, 0.29) is 17.2 Å². The Morgan fingerprint density at radius 2 is 1.03 bits per heavy atom.